The summed E-state index contributed by atoms with van der Waals surface area (Å²) in [6.07, 6.45) is -3.55. The Morgan fingerprint density at radius 1 is 1.00 bits per heavy atom. The zero-order valence-corrected chi connectivity index (χ0v) is 16.4. The van der Waals surface area contributed by atoms with Gasteiger partial charge < -0.3 is 5.32 Å². The number of para-hydroxylation sites is 1. The summed E-state index contributed by atoms with van der Waals surface area (Å²) in [6.45, 7) is 0.786. The Labute approximate surface area is 171 Å². The zero-order chi connectivity index (χ0) is 19.1. The second kappa shape index (κ2) is 10.4. The average molecular weight is 430 g/mol. The number of tetrazole rings is 1. The van der Waals surface area contributed by atoms with Crippen LogP contribution in [0.1, 0.15) is 17.5 Å². The summed E-state index contributed by atoms with van der Waals surface area (Å²) in [5.74, 6) is 0.751. The molecule has 2 aromatic carbocycles. The van der Waals surface area contributed by atoms with Crippen molar-refractivity contribution in [2.75, 3.05) is 12.3 Å². The first kappa shape index (κ1) is 22.2. The summed E-state index contributed by atoms with van der Waals surface area (Å²) < 4.78 is 40.5. The summed E-state index contributed by atoms with van der Waals surface area (Å²) in [4.78, 5) is 0. The molecule has 5 nitrogen and oxygen atoms in total. The third-order valence-corrected chi connectivity index (χ3v) is 4.81. The molecule has 0 aliphatic rings. The molecule has 0 saturated heterocycles. The molecule has 150 valence electrons. The lowest BCUT2D eigenvalue weighted by Gasteiger charge is -2.13. The minimum Gasteiger partial charge on any atom is -0.313 e. The number of nitrogens with one attached hydrogen (secondary N) is 1. The Bertz CT molecular complexity index is 858. The maximum absolute atomic E-state index is 13.0. The predicted molar refractivity (Wildman–Crippen MR) is 105 cm³/mol. The van der Waals surface area contributed by atoms with Crippen LogP contribution in [0.15, 0.2) is 59.8 Å². The fraction of sp³-hybridized carbons (Fsp3) is 0.278. The van der Waals surface area contributed by atoms with Crippen molar-refractivity contribution < 1.29 is 13.2 Å². The van der Waals surface area contributed by atoms with E-state index in [0.717, 1.165) is 23.9 Å². The van der Waals surface area contributed by atoms with E-state index in [0.29, 0.717) is 11.7 Å². The summed E-state index contributed by atoms with van der Waals surface area (Å²) in [6, 6.07) is 15.2. The molecule has 10 heteroatoms. The summed E-state index contributed by atoms with van der Waals surface area (Å²) in [5, 5.41) is 15.5. The van der Waals surface area contributed by atoms with Gasteiger partial charge in [0.15, 0.2) is 0 Å². The van der Waals surface area contributed by atoms with E-state index < -0.39 is 11.7 Å². The van der Waals surface area contributed by atoms with Crippen molar-refractivity contribution in [1.29, 1.82) is 0 Å². The Kier molecular flexibility index (Phi) is 8.28. The van der Waals surface area contributed by atoms with Crippen LogP contribution < -0.4 is 5.32 Å². The van der Waals surface area contributed by atoms with E-state index in [9.17, 15) is 13.2 Å². The van der Waals surface area contributed by atoms with E-state index in [2.05, 4.69) is 20.8 Å². The molecule has 0 atom stereocenters. The first-order valence-corrected chi connectivity index (χ1v) is 9.36. The molecule has 0 radical (unpaired) electrons. The van der Waals surface area contributed by atoms with Gasteiger partial charge in [-0.2, -0.15) is 17.9 Å². The van der Waals surface area contributed by atoms with Crippen molar-refractivity contribution in [3.05, 3.63) is 65.7 Å². The van der Waals surface area contributed by atoms with Crippen LogP contribution in [0.5, 0.6) is 0 Å². The van der Waals surface area contributed by atoms with Crippen LogP contribution in [0, 0.1) is 0 Å². The van der Waals surface area contributed by atoms with Gasteiger partial charge in [-0.15, -0.1) is 17.5 Å². The van der Waals surface area contributed by atoms with Crippen LogP contribution in [0.4, 0.5) is 13.2 Å². The number of thioether (sulfide) groups is 1. The molecule has 0 saturated carbocycles. The molecule has 1 aromatic heterocycles. The fourth-order valence-corrected chi connectivity index (χ4v) is 3.36. The number of halogens is 4. The number of nitrogens with zero attached hydrogens (tertiary/aromatic N) is 4. The van der Waals surface area contributed by atoms with E-state index in [1.807, 2.05) is 30.3 Å². The van der Waals surface area contributed by atoms with E-state index in [1.165, 1.54) is 23.9 Å². The fourth-order valence-electron chi connectivity index (χ4n) is 2.53. The number of hydrogen-bond acceptors (Lipinski definition) is 5. The molecule has 0 aliphatic heterocycles. The highest BCUT2D eigenvalue weighted by atomic mass is 35.5. The highest BCUT2D eigenvalue weighted by Crippen LogP contribution is 2.31. The molecule has 28 heavy (non-hydrogen) atoms. The summed E-state index contributed by atoms with van der Waals surface area (Å²) in [5.41, 5.74) is 0.548. The predicted octanol–water partition coefficient (Wildman–Crippen LogP) is 4.37. The second-order valence-corrected chi connectivity index (χ2v) is 6.80. The van der Waals surface area contributed by atoms with Gasteiger partial charge in [0.2, 0.25) is 5.16 Å². The van der Waals surface area contributed by atoms with Gasteiger partial charge >= 0.3 is 6.18 Å². The molecule has 0 bridgehead atoms. The topological polar surface area (TPSA) is 55.6 Å². The van der Waals surface area contributed by atoms with Crippen molar-refractivity contribution in [3.8, 4) is 5.69 Å². The minimum atomic E-state index is -4.33. The number of alkyl halides is 3. The molecule has 0 spiro atoms. The summed E-state index contributed by atoms with van der Waals surface area (Å²) in [7, 11) is 0. The standard InChI is InChI=1S/C18H18F3N5S.ClH/c19-18(20,21)16-10-5-4-7-14(16)13-22-11-6-12-27-17-23-24-25-26(17)15-8-2-1-3-9-15;/h1-5,7-10,22H,6,11-13H2;1H. The van der Waals surface area contributed by atoms with Gasteiger partial charge in [0.1, 0.15) is 0 Å². The van der Waals surface area contributed by atoms with Crippen molar-refractivity contribution in [1.82, 2.24) is 25.5 Å². The van der Waals surface area contributed by atoms with Crippen LogP contribution in [-0.4, -0.2) is 32.5 Å². The highest BCUT2D eigenvalue weighted by Gasteiger charge is 2.32. The number of benzene rings is 2. The lowest BCUT2D eigenvalue weighted by Crippen LogP contribution is -2.19. The quantitative estimate of drug-likeness (QED) is 0.425. The van der Waals surface area contributed by atoms with Crippen molar-refractivity contribution >= 4 is 24.2 Å². The highest BCUT2D eigenvalue weighted by molar-refractivity contribution is 7.99. The normalized spacial score (nSPS) is 11.2. The first-order chi connectivity index (χ1) is 13.1. The summed E-state index contributed by atoms with van der Waals surface area (Å²) >= 11 is 1.51. The third-order valence-electron chi connectivity index (χ3n) is 3.81. The molecule has 3 aromatic rings. The van der Waals surface area contributed by atoms with Gasteiger partial charge in [0, 0.05) is 12.3 Å². The van der Waals surface area contributed by atoms with Gasteiger partial charge in [-0.1, -0.05) is 48.2 Å². The van der Waals surface area contributed by atoms with Crippen molar-refractivity contribution in [3.63, 3.8) is 0 Å². The molecule has 0 fully saturated rings. The molecule has 1 N–H and O–H groups in total. The monoisotopic (exact) mass is 429 g/mol. The van der Waals surface area contributed by atoms with Gasteiger partial charge in [-0.05, 0) is 47.2 Å². The molecule has 3 rings (SSSR count). The van der Waals surface area contributed by atoms with Gasteiger partial charge in [-0.3, -0.25) is 0 Å². The SMILES string of the molecule is Cl.FC(F)(F)c1ccccc1CNCCCSc1nnnn1-c1ccccc1. The van der Waals surface area contributed by atoms with Crippen LogP contribution in [0.3, 0.4) is 0 Å². The zero-order valence-electron chi connectivity index (χ0n) is 14.8. The average Bonchev–Trinajstić information content (AvgIpc) is 3.13. The smallest absolute Gasteiger partial charge is 0.313 e. The Morgan fingerprint density at radius 3 is 2.46 bits per heavy atom. The van der Waals surface area contributed by atoms with Crippen LogP contribution in [-0.2, 0) is 12.7 Å². The van der Waals surface area contributed by atoms with Crippen molar-refractivity contribution in [2.45, 2.75) is 24.3 Å². The Morgan fingerprint density at radius 2 is 1.71 bits per heavy atom. The van der Waals surface area contributed by atoms with Crippen LogP contribution in [0.25, 0.3) is 5.69 Å². The molecule has 0 aliphatic carbocycles. The maximum atomic E-state index is 13.0. The van der Waals surface area contributed by atoms with E-state index in [1.54, 1.807) is 10.7 Å². The maximum Gasteiger partial charge on any atom is 0.416 e. The molecule has 1 heterocycles. The third kappa shape index (κ3) is 5.95. The minimum absolute atomic E-state index is 0. The van der Waals surface area contributed by atoms with Crippen LogP contribution >= 0.6 is 24.2 Å². The van der Waals surface area contributed by atoms with E-state index in [4.69, 9.17) is 0 Å². The Balaban J connectivity index is 0.00000280. The Hall–Kier alpha value is -2.10. The van der Waals surface area contributed by atoms with Gasteiger partial charge in [0.05, 0.1) is 11.3 Å². The van der Waals surface area contributed by atoms with Gasteiger partial charge in [-0.25, -0.2) is 0 Å². The number of rotatable bonds is 8. The second-order valence-electron chi connectivity index (χ2n) is 5.74. The van der Waals surface area contributed by atoms with E-state index in [-0.39, 0.29) is 24.5 Å². The largest absolute Gasteiger partial charge is 0.416 e. The number of hydrogen-bond donors (Lipinski definition) is 1. The lowest BCUT2D eigenvalue weighted by molar-refractivity contribution is -0.138. The molecular formula is C18H19ClF3N5S. The first-order valence-electron chi connectivity index (χ1n) is 8.38. The van der Waals surface area contributed by atoms with E-state index >= 15 is 0 Å². The molecule has 0 unspecified atom stereocenters. The molecule has 0 amide bonds. The van der Waals surface area contributed by atoms with Crippen molar-refractivity contribution in [2.24, 2.45) is 0 Å². The van der Waals surface area contributed by atoms with Crippen LogP contribution in [0.2, 0.25) is 0 Å². The lowest BCUT2D eigenvalue weighted by atomic mass is 10.1. The van der Waals surface area contributed by atoms with Gasteiger partial charge in [0.25, 0.3) is 0 Å². The molecular weight excluding hydrogens is 411 g/mol. The number of aromatic nitrogens is 4.